The van der Waals surface area contributed by atoms with Gasteiger partial charge in [0.2, 0.25) is 0 Å². The molecule has 2 fully saturated rings. The SMILES string of the molecule is Cc1c(C2=CC(O)CC2)c(N2CC[C@H](N(C)C)C2)c2oc(C3CC3)nc2c1C#N. The Labute approximate surface area is 171 Å². The molecule has 0 bridgehead atoms. The molecule has 0 spiro atoms. The van der Waals surface area contributed by atoms with Gasteiger partial charge in [0.05, 0.1) is 17.4 Å². The molecule has 3 aliphatic rings. The van der Waals surface area contributed by atoms with Crippen LogP contribution in [-0.2, 0) is 0 Å². The van der Waals surface area contributed by atoms with Crippen LogP contribution in [0.3, 0.4) is 0 Å². The van der Waals surface area contributed by atoms with Crippen molar-refractivity contribution in [3.05, 3.63) is 28.7 Å². The Hall–Kier alpha value is -2.36. The molecular weight excluding hydrogens is 364 g/mol. The normalized spacial score (nSPS) is 24.6. The summed E-state index contributed by atoms with van der Waals surface area (Å²) in [5.41, 5.74) is 6.30. The van der Waals surface area contributed by atoms with Crippen molar-refractivity contribution in [2.45, 2.75) is 57.1 Å². The van der Waals surface area contributed by atoms with Gasteiger partial charge in [-0.25, -0.2) is 4.98 Å². The maximum absolute atomic E-state index is 10.2. The molecule has 1 saturated heterocycles. The number of rotatable bonds is 4. The van der Waals surface area contributed by atoms with E-state index in [4.69, 9.17) is 9.40 Å². The average Bonchev–Trinajstić information content (AvgIpc) is 3.07. The van der Waals surface area contributed by atoms with Crippen molar-refractivity contribution in [1.82, 2.24) is 9.88 Å². The molecule has 2 aromatic rings. The molecule has 1 saturated carbocycles. The Morgan fingerprint density at radius 2 is 2.07 bits per heavy atom. The zero-order chi connectivity index (χ0) is 20.3. The van der Waals surface area contributed by atoms with Crippen LogP contribution < -0.4 is 4.90 Å². The van der Waals surface area contributed by atoms with Gasteiger partial charge in [0.1, 0.15) is 11.6 Å². The summed E-state index contributed by atoms with van der Waals surface area (Å²) in [6.07, 6.45) is 6.41. The van der Waals surface area contributed by atoms with Crippen molar-refractivity contribution in [3.63, 3.8) is 0 Å². The van der Waals surface area contributed by atoms with E-state index in [1.807, 2.05) is 13.0 Å². The van der Waals surface area contributed by atoms with E-state index < -0.39 is 6.10 Å². The van der Waals surface area contributed by atoms with Crippen LogP contribution in [-0.4, -0.2) is 54.3 Å². The fourth-order valence-corrected chi connectivity index (χ4v) is 4.87. The lowest BCUT2D eigenvalue weighted by molar-refractivity contribution is 0.223. The minimum Gasteiger partial charge on any atom is -0.438 e. The van der Waals surface area contributed by atoms with E-state index in [0.717, 1.165) is 79.1 Å². The number of likely N-dealkylation sites (N-methyl/N-ethyl adjacent to an activating group) is 1. The number of anilines is 1. The van der Waals surface area contributed by atoms with E-state index in [0.29, 0.717) is 23.0 Å². The predicted octanol–water partition coefficient (Wildman–Crippen LogP) is 3.56. The van der Waals surface area contributed by atoms with Crippen molar-refractivity contribution in [3.8, 4) is 6.07 Å². The summed E-state index contributed by atoms with van der Waals surface area (Å²) >= 11 is 0. The molecule has 2 aliphatic carbocycles. The lowest BCUT2D eigenvalue weighted by Crippen LogP contribution is -2.31. The zero-order valence-corrected chi connectivity index (χ0v) is 17.4. The van der Waals surface area contributed by atoms with Crippen LogP contribution in [0, 0.1) is 18.3 Å². The third-order valence-electron chi connectivity index (χ3n) is 6.75. The summed E-state index contributed by atoms with van der Waals surface area (Å²) in [4.78, 5) is 9.47. The van der Waals surface area contributed by atoms with Gasteiger partial charge in [-0.1, -0.05) is 6.08 Å². The van der Waals surface area contributed by atoms with Gasteiger partial charge in [0.25, 0.3) is 0 Å². The molecule has 6 nitrogen and oxygen atoms in total. The molecule has 2 heterocycles. The largest absolute Gasteiger partial charge is 0.438 e. The lowest BCUT2D eigenvalue weighted by Gasteiger charge is -2.26. The van der Waals surface area contributed by atoms with Crippen LogP contribution in [0.15, 0.2) is 10.5 Å². The van der Waals surface area contributed by atoms with E-state index in [1.165, 1.54) is 0 Å². The minimum absolute atomic E-state index is 0.395. The van der Waals surface area contributed by atoms with Crippen molar-refractivity contribution in [1.29, 1.82) is 5.26 Å². The highest BCUT2D eigenvalue weighted by Crippen LogP contribution is 2.47. The lowest BCUT2D eigenvalue weighted by atomic mass is 9.92. The highest BCUT2D eigenvalue weighted by molar-refractivity contribution is 6.00. The molecule has 1 unspecified atom stereocenters. The van der Waals surface area contributed by atoms with Crippen molar-refractivity contribution in [2.24, 2.45) is 0 Å². The van der Waals surface area contributed by atoms with Crippen LogP contribution in [0.2, 0.25) is 0 Å². The molecule has 29 heavy (non-hydrogen) atoms. The number of oxazole rings is 1. The van der Waals surface area contributed by atoms with Crippen molar-refractivity contribution < 1.29 is 9.52 Å². The molecule has 1 aromatic heterocycles. The molecule has 1 N–H and O–H groups in total. The van der Waals surface area contributed by atoms with E-state index in [2.05, 4.69) is 30.0 Å². The third kappa shape index (κ3) is 3.04. The number of benzene rings is 1. The summed E-state index contributed by atoms with van der Waals surface area (Å²) in [6, 6.07) is 2.88. The zero-order valence-electron chi connectivity index (χ0n) is 17.4. The first kappa shape index (κ1) is 18.7. The number of aliphatic hydroxyl groups is 1. The van der Waals surface area contributed by atoms with Gasteiger partial charge in [-0.05, 0) is 64.3 Å². The number of aliphatic hydroxyl groups excluding tert-OH is 1. The maximum atomic E-state index is 10.2. The van der Waals surface area contributed by atoms with Crippen LogP contribution in [0.25, 0.3) is 16.7 Å². The first-order chi connectivity index (χ1) is 14.0. The third-order valence-corrected chi connectivity index (χ3v) is 6.75. The van der Waals surface area contributed by atoms with Crippen LogP contribution in [0.1, 0.15) is 60.6 Å². The van der Waals surface area contributed by atoms with Gasteiger partial charge >= 0.3 is 0 Å². The second-order valence-corrected chi connectivity index (χ2v) is 8.99. The molecule has 0 amide bonds. The first-order valence-corrected chi connectivity index (χ1v) is 10.7. The molecule has 152 valence electrons. The van der Waals surface area contributed by atoms with Gasteiger partial charge in [0.15, 0.2) is 11.5 Å². The Morgan fingerprint density at radius 1 is 1.28 bits per heavy atom. The van der Waals surface area contributed by atoms with Crippen LogP contribution in [0.4, 0.5) is 5.69 Å². The number of hydrogen-bond acceptors (Lipinski definition) is 6. The summed E-state index contributed by atoms with van der Waals surface area (Å²) < 4.78 is 6.35. The Bertz CT molecular complexity index is 1040. The highest BCUT2D eigenvalue weighted by atomic mass is 16.4. The van der Waals surface area contributed by atoms with E-state index in [1.54, 1.807) is 0 Å². The van der Waals surface area contributed by atoms with E-state index in [-0.39, 0.29) is 0 Å². The number of nitriles is 1. The number of aromatic nitrogens is 1. The molecule has 1 aliphatic heterocycles. The number of hydrogen-bond donors (Lipinski definition) is 1. The second-order valence-electron chi connectivity index (χ2n) is 8.99. The predicted molar refractivity (Wildman–Crippen MR) is 113 cm³/mol. The summed E-state index contributed by atoms with van der Waals surface area (Å²) in [5.74, 6) is 1.17. The quantitative estimate of drug-likeness (QED) is 0.857. The summed E-state index contributed by atoms with van der Waals surface area (Å²) in [7, 11) is 4.26. The minimum atomic E-state index is -0.414. The van der Waals surface area contributed by atoms with Gasteiger partial charge in [-0.15, -0.1) is 0 Å². The first-order valence-electron chi connectivity index (χ1n) is 10.7. The van der Waals surface area contributed by atoms with Crippen molar-refractivity contribution in [2.75, 3.05) is 32.1 Å². The Morgan fingerprint density at radius 3 is 2.66 bits per heavy atom. The van der Waals surface area contributed by atoms with Gasteiger partial charge < -0.3 is 19.3 Å². The summed E-state index contributed by atoms with van der Waals surface area (Å²) in [5, 5.41) is 20.1. The van der Waals surface area contributed by atoms with Gasteiger partial charge in [0, 0.05) is 30.6 Å². The van der Waals surface area contributed by atoms with Gasteiger partial charge in [-0.3, -0.25) is 0 Å². The molecule has 2 atom stereocenters. The number of nitrogens with zero attached hydrogens (tertiary/aromatic N) is 4. The van der Waals surface area contributed by atoms with Crippen LogP contribution in [0.5, 0.6) is 0 Å². The second kappa shape index (κ2) is 6.86. The summed E-state index contributed by atoms with van der Waals surface area (Å²) in [6.45, 7) is 3.90. The van der Waals surface area contributed by atoms with E-state index in [9.17, 15) is 10.4 Å². The van der Waals surface area contributed by atoms with Gasteiger partial charge in [-0.2, -0.15) is 5.26 Å². The molecule has 0 radical (unpaired) electrons. The molecule has 6 heteroatoms. The standard InChI is InChI=1S/C23H28N4O2/c1-13-18(11-24)20-22(29-23(25-20)14-4-5-14)21(19(13)15-6-7-17(28)10-15)27-9-8-16(12-27)26(2)3/h10,14,16-17,28H,4-9,12H2,1-3H3/t16-,17?/m0/s1. The monoisotopic (exact) mass is 392 g/mol. The maximum Gasteiger partial charge on any atom is 0.198 e. The van der Waals surface area contributed by atoms with E-state index >= 15 is 0 Å². The fraction of sp³-hybridized carbons (Fsp3) is 0.565. The Balaban J connectivity index is 1.75. The number of allylic oxidation sites excluding steroid dienone is 1. The Kier molecular flexibility index (Phi) is 4.41. The van der Waals surface area contributed by atoms with Crippen LogP contribution >= 0.6 is 0 Å². The molecular formula is C23H28N4O2. The number of fused-ring (bicyclic) bond motifs is 1. The smallest absolute Gasteiger partial charge is 0.198 e. The fourth-order valence-electron chi connectivity index (χ4n) is 4.87. The molecule has 1 aromatic carbocycles. The topological polar surface area (TPSA) is 76.5 Å². The highest BCUT2D eigenvalue weighted by Gasteiger charge is 2.35. The average molecular weight is 393 g/mol. The molecule has 5 rings (SSSR count). The van der Waals surface area contributed by atoms with Crippen molar-refractivity contribution >= 4 is 22.4 Å².